The lowest BCUT2D eigenvalue weighted by molar-refractivity contribution is 0.0930. The molecule has 2 heterocycles. The molecular weight excluding hydrogens is 338 g/mol. The first-order chi connectivity index (χ1) is 12.9. The van der Waals surface area contributed by atoms with Crippen LogP contribution in [0.4, 0.5) is 0 Å². The van der Waals surface area contributed by atoms with E-state index in [4.69, 9.17) is 4.52 Å². The standard InChI is InChI=1S/C22H31N3O2/c1-22(2,3)16-23-21(26)20-14-19(27-24-20)15-25-11-9-18(10-12-25)13-17-7-5-4-6-8-17/h4-8,14,18H,9-13,15-16H2,1-3H3,(H,23,26). The molecule has 146 valence electrons. The molecule has 1 fully saturated rings. The normalized spacial score (nSPS) is 16.4. The zero-order chi connectivity index (χ0) is 19.3. The van der Waals surface area contributed by atoms with Crippen molar-refractivity contribution in [2.24, 2.45) is 11.3 Å². The quantitative estimate of drug-likeness (QED) is 0.839. The molecule has 0 bridgehead atoms. The van der Waals surface area contributed by atoms with E-state index in [2.05, 4.69) is 66.5 Å². The Labute approximate surface area is 162 Å². The number of nitrogens with zero attached hydrogens (tertiary/aromatic N) is 2. The molecule has 1 amide bonds. The Morgan fingerprint density at radius 1 is 1.22 bits per heavy atom. The second-order valence-corrected chi connectivity index (χ2v) is 8.83. The third-order valence-corrected chi connectivity index (χ3v) is 5.02. The Hall–Kier alpha value is -2.14. The van der Waals surface area contributed by atoms with Crippen LogP contribution in [-0.2, 0) is 13.0 Å². The molecule has 3 rings (SSSR count). The van der Waals surface area contributed by atoms with Crippen molar-refractivity contribution in [1.29, 1.82) is 0 Å². The number of nitrogens with one attached hydrogen (secondary N) is 1. The summed E-state index contributed by atoms with van der Waals surface area (Å²) in [5.41, 5.74) is 1.84. The van der Waals surface area contributed by atoms with E-state index < -0.39 is 0 Å². The highest BCUT2D eigenvalue weighted by atomic mass is 16.5. The lowest BCUT2D eigenvalue weighted by Crippen LogP contribution is -2.33. The van der Waals surface area contributed by atoms with Crippen LogP contribution in [0.2, 0.25) is 0 Å². The average molecular weight is 370 g/mol. The maximum atomic E-state index is 12.2. The summed E-state index contributed by atoms with van der Waals surface area (Å²) in [6, 6.07) is 12.5. The van der Waals surface area contributed by atoms with Crippen molar-refractivity contribution in [3.8, 4) is 0 Å². The minimum atomic E-state index is -0.165. The Bertz CT molecular complexity index is 726. The first kappa shape index (κ1) is 19.6. The lowest BCUT2D eigenvalue weighted by Gasteiger charge is -2.31. The van der Waals surface area contributed by atoms with Gasteiger partial charge in [-0.15, -0.1) is 0 Å². The summed E-state index contributed by atoms with van der Waals surface area (Å²) in [5, 5.41) is 6.85. The summed E-state index contributed by atoms with van der Waals surface area (Å²) in [7, 11) is 0. The third kappa shape index (κ3) is 6.21. The number of piperidine rings is 1. The van der Waals surface area contributed by atoms with Crippen LogP contribution in [-0.4, -0.2) is 35.6 Å². The van der Waals surface area contributed by atoms with Crippen molar-refractivity contribution in [1.82, 2.24) is 15.4 Å². The van der Waals surface area contributed by atoms with Crippen molar-refractivity contribution in [2.75, 3.05) is 19.6 Å². The third-order valence-electron chi connectivity index (χ3n) is 5.02. The summed E-state index contributed by atoms with van der Waals surface area (Å²) in [6.45, 7) is 9.71. The van der Waals surface area contributed by atoms with Crippen LogP contribution in [0, 0.1) is 11.3 Å². The molecule has 1 aromatic carbocycles. The van der Waals surface area contributed by atoms with Crippen LogP contribution in [0.3, 0.4) is 0 Å². The Kier molecular flexibility index (Phi) is 6.32. The fourth-order valence-corrected chi connectivity index (χ4v) is 3.45. The number of carbonyl (C=O) groups excluding carboxylic acids is 1. The molecule has 5 nitrogen and oxygen atoms in total. The smallest absolute Gasteiger partial charge is 0.273 e. The van der Waals surface area contributed by atoms with Gasteiger partial charge in [0.25, 0.3) is 5.91 Å². The molecule has 1 N–H and O–H groups in total. The average Bonchev–Trinajstić information content (AvgIpc) is 3.10. The summed E-state index contributed by atoms with van der Waals surface area (Å²) >= 11 is 0. The Balaban J connectivity index is 1.44. The van der Waals surface area contributed by atoms with E-state index in [1.807, 2.05) is 0 Å². The number of hydrogen-bond acceptors (Lipinski definition) is 4. The fourth-order valence-electron chi connectivity index (χ4n) is 3.45. The van der Waals surface area contributed by atoms with Crippen molar-refractivity contribution in [2.45, 2.75) is 46.6 Å². The Morgan fingerprint density at radius 2 is 1.93 bits per heavy atom. The lowest BCUT2D eigenvalue weighted by atomic mass is 9.90. The zero-order valence-electron chi connectivity index (χ0n) is 16.7. The van der Waals surface area contributed by atoms with Gasteiger partial charge in [-0.1, -0.05) is 56.3 Å². The molecule has 0 unspecified atom stereocenters. The van der Waals surface area contributed by atoms with Gasteiger partial charge in [0.2, 0.25) is 0 Å². The monoisotopic (exact) mass is 369 g/mol. The van der Waals surface area contributed by atoms with Crippen LogP contribution in [0.5, 0.6) is 0 Å². The largest absolute Gasteiger partial charge is 0.359 e. The molecule has 27 heavy (non-hydrogen) atoms. The summed E-state index contributed by atoms with van der Waals surface area (Å²) in [6.07, 6.45) is 3.55. The van der Waals surface area contributed by atoms with Gasteiger partial charge in [-0.3, -0.25) is 9.69 Å². The van der Waals surface area contributed by atoms with E-state index in [1.165, 1.54) is 18.4 Å². The maximum absolute atomic E-state index is 12.2. The van der Waals surface area contributed by atoms with Crippen LogP contribution in [0.15, 0.2) is 40.9 Å². The number of aromatic nitrogens is 1. The number of likely N-dealkylation sites (tertiary alicyclic amines) is 1. The number of hydrogen-bond donors (Lipinski definition) is 1. The minimum absolute atomic E-state index is 0.0479. The SMILES string of the molecule is CC(C)(C)CNC(=O)c1cc(CN2CCC(Cc3ccccc3)CC2)on1. The number of benzene rings is 1. The van der Waals surface area contributed by atoms with Gasteiger partial charge in [-0.25, -0.2) is 0 Å². The van der Waals surface area contributed by atoms with Gasteiger partial charge in [0, 0.05) is 12.6 Å². The van der Waals surface area contributed by atoms with E-state index in [1.54, 1.807) is 6.07 Å². The maximum Gasteiger partial charge on any atom is 0.273 e. The first-order valence-electron chi connectivity index (χ1n) is 9.89. The second-order valence-electron chi connectivity index (χ2n) is 8.83. The van der Waals surface area contributed by atoms with Crippen molar-refractivity contribution in [3.05, 3.63) is 53.4 Å². The number of carbonyl (C=O) groups is 1. The summed E-state index contributed by atoms with van der Waals surface area (Å²) in [4.78, 5) is 14.6. The summed E-state index contributed by atoms with van der Waals surface area (Å²) < 4.78 is 5.39. The molecule has 0 aliphatic carbocycles. The molecule has 0 saturated carbocycles. The van der Waals surface area contributed by atoms with Crippen molar-refractivity contribution >= 4 is 5.91 Å². The molecule has 1 aromatic heterocycles. The minimum Gasteiger partial charge on any atom is -0.359 e. The number of rotatable bonds is 6. The first-order valence-corrected chi connectivity index (χ1v) is 9.89. The molecule has 0 radical (unpaired) electrons. The van der Waals surface area contributed by atoms with Crippen LogP contribution in [0.1, 0.15) is 55.4 Å². The molecule has 0 spiro atoms. The van der Waals surface area contributed by atoms with E-state index in [0.29, 0.717) is 12.2 Å². The molecule has 2 aromatic rings. The van der Waals surface area contributed by atoms with Gasteiger partial charge in [0.05, 0.1) is 6.54 Å². The molecule has 0 atom stereocenters. The van der Waals surface area contributed by atoms with E-state index in [9.17, 15) is 4.79 Å². The van der Waals surface area contributed by atoms with Gasteiger partial charge in [-0.05, 0) is 49.2 Å². The highest BCUT2D eigenvalue weighted by Gasteiger charge is 2.22. The fraction of sp³-hybridized carbons (Fsp3) is 0.545. The van der Waals surface area contributed by atoms with Crippen LogP contribution >= 0.6 is 0 Å². The predicted molar refractivity (Wildman–Crippen MR) is 106 cm³/mol. The highest BCUT2D eigenvalue weighted by Crippen LogP contribution is 2.23. The molecule has 1 saturated heterocycles. The Morgan fingerprint density at radius 3 is 2.59 bits per heavy atom. The van der Waals surface area contributed by atoms with Crippen LogP contribution in [0.25, 0.3) is 0 Å². The molecule has 1 aliphatic rings. The van der Waals surface area contributed by atoms with E-state index in [0.717, 1.165) is 37.7 Å². The van der Waals surface area contributed by atoms with Gasteiger partial charge in [0.15, 0.2) is 11.5 Å². The molecule has 5 heteroatoms. The predicted octanol–water partition coefficient (Wildman–Crippen LogP) is 3.91. The zero-order valence-corrected chi connectivity index (χ0v) is 16.7. The van der Waals surface area contributed by atoms with Crippen molar-refractivity contribution < 1.29 is 9.32 Å². The topological polar surface area (TPSA) is 58.4 Å². The molecule has 1 aliphatic heterocycles. The van der Waals surface area contributed by atoms with Gasteiger partial charge < -0.3 is 9.84 Å². The van der Waals surface area contributed by atoms with Gasteiger partial charge in [0.1, 0.15) is 0 Å². The van der Waals surface area contributed by atoms with Crippen molar-refractivity contribution in [3.63, 3.8) is 0 Å². The van der Waals surface area contributed by atoms with Gasteiger partial charge in [-0.2, -0.15) is 0 Å². The second kappa shape index (κ2) is 8.70. The van der Waals surface area contributed by atoms with E-state index in [-0.39, 0.29) is 11.3 Å². The van der Waals surface area contributed by atoms with E-state index >= 15 is 0 Å². The van der Waals surface area contributed by atoms with Gasteiger partial charge >= 0.3 is 0 Å². The number of amides is 1. The summed E-state index contributed by atoms with van der Waals surface area (Å²) in [5.74, 6) is 1.34. The molecular formula is C22H31N3O2. The van der Waals surface area contributed by atoms with Crippen LogP contribution < -0.4 is 5.32 Å². The highest BCUT2D eigenvalue weighted by molar-refractivity contribution is 5.92.